The Balaban J connectivity index is 1.63. The first-order valence-electron chi connectivity index (χ1n) is 10.3. The minimum atomic E-state index is 0.575. The van der Waals surface area contributed by atoms with Crippen molar-refractivity contribution in [3.8, 4) is 10.4 Å². The molecule has 4 aromatic rings. The number of nitrogens with two attached hydrogens (primary N) is 1. The van der Waals surface area contributed by atoms with Crippen LogP contribution in [0.3, 0.4) is 0 Å². The predicted molar refractivity (Wildman–Crippen MR) is 125 cm³/mol. The van der Waals surface area contributed by atoms with Crippen molar-refractivity contribution >= 4 is 33.1 Å². The van der Waals surface area contributed by atoms with Crippen molar-refractivity contribution in [2.75, 3.05) is 26.3 Å². The third-order valence-electron chi connectivity index (χ3n) is 5.28. The average Bonchev–Trinajstić information content (AvgIpc) is 3.31. The molecule has 5 heteroatoms. The number of hydrogen-bond donors (Lipinski definition) is 2. The molecule has 0 spiro atoms. The van der Waals surface area contributed by atoms with Crippen molar-refractivity contribution in [3.05, 3.63) is 59.0 Å². The number of aromatic nitrogens is 1. The quantitative estimate of drug-likeness (QED) is 0.387. The lowest BCUT2D eigenvalue weighted by Gasteiger charge is -2.07. The minimum absolute atomic E-state index is 0.575. The Morgan fingerprint density at radius 3 is 2.69 bits per heavy atom. The summed E-state index contributed by atoms with van der Waals surface area (Å²) < 4.78 is 7.85. The molecule has 0 aliphatic heterocycles. The molecule has 2 heterocycles. The molecule has 0 radical (unpaired) electrons. The molecule has 0 bridgehead atoms. The highest BCUT2D eigenvalue weighted by Crippen LogP contribution is 2.34. The maximum atomic E-state index is 5.44. The molecule has 4 rings (SSSR count). The molecule has 0 unspecified atom stereocenters. The zero-order chi connectivity index (χ0) is 20.2. The lowest BCUT2D eigenvalue weighted by molar-refractivity contribution is 0.143. The number of hydrogen-bond acceptors (Lipinski definition) is 4. The van der Waals surface area contributed by atoms with E-state index in [-0.39, 0.29) is 0 Å². The summed E-state index contributed by atoms with van der Waals surface area (Å²) in [6.07, 6.45) is 0. The van der Waals surface area contributed by atoms with Crippen LogP contribution < -0.4 is 11.1 Å². The number of thiophene rings is 1. The standard InChI is InChI=1S/C24H29N3OS/c1-3-27-22-7-4-18(15-26-9-11-28-10-8-25)13-21(22)20-6-5-19(14-23(20)27)24-12-17(2)16-29-24/h4-7,12-14,16,26H,3,8-11,15,25H2,1-2H3. The van der Waals surface area contributed by atoms with Crippen LogP contribution in [0, 0.1) is 6.92 Å². The summed E-state index contributed by atoms with van der Waals surface area (Å²) >= 11 is 1.82. The second-order valence-corrected chi connectivity index (χ2v) is 8.31. The number of rotatable bonds is 9. The highest BCUT2D eigenvalue weighted by molar-refractivity contribution is 7.13. The first-order chi connectivity index (χ1) is 14.2. The van der Waals surface area contributed by atoms with Crippen LogP contribution in [0.1, 0.15) is 18.1 Å². The molecule has 2 aromatic carbocycles. The normalized spacial score (nSPS) is 11.7. The van der Waals surface area contributed by atoms with Crippen molar-refractivity contribution < 1.29 is 4.74 Å². The number of fused-ring (bicyclic) bond motifs is 3. The summed E-state index contributed by atoms with van der Waals surface area (Å²) in [6.45, 7) is 8.90. The zero-order valence-electron chi connectivity index (χ0n) is 17.2. The van der Waals surface area contributed by atoms with Crippen molar-refractivity contribution in [2.24, 2.45) is 5.73 Å². The number of nitrogens with one attached hydrogen (secondary N) is 1. The van der Waals surface area contributed by atoms with Gasteiger partial charge < -0.3 is 20.4 Å². The van der Waals surface area contributed by atoms with Gasteiger partial charge in [0.05, 0.1) is 13.2 Å². The fraction of sp³-hybridized carbons (Fsp3) is 0.333. The van der Waals surface area contributed by atoms with Crippen LogP contribution in [0.2, 0.25) is 0 Å². The molecular formula is C24H29N3OS. The van der Waals surface area contributed by atoms with Gasteiger partial charge in [-0.2, -0.15) is 0 Å². The van der Waals surface area contributed by atoms with E-state index >= 15 is 0 Å². The first-order valence-corrected chi connectivity index (χ1v) is 11.2. The molecule has 0 aliphatic rings. The lowest BCUT2D eigenvalue weighted by atomic mass is 10.1. The van der Waals surface area contributed by atoms with Crippen LogP contribution in [0.4, 0.5) is 0 Å². The Morgan fingerprint density at radius 1 is 1.03 bits per heavy atom. The van der Waals surface area contributed by atoms with Gasteiger partial charge in [0, 0.05) is 52.9 Å². The molecule has 29 heavy (non-hydrogen) atoms. The van der Waals surface area contributed by atoms with Crippen LogP contribution in [0.15, 0.2) is 47.8 Å². The van der Waals surface area contributed by atoms with Crippen molar-refractivity contribution in [3.63, 3.8) is 0 Å². The molecule has 0 fully saturated rings. The SMILES string of the molecule is CCn1c2ccc(CNCCOCCN)cc2c2ccc(-c3cc(C)cs3)cc21. The fourth-order valence-corrected chi connectivity index (χ4v) is 4.79. The monoisotopic (exact) mass is 407 g/mol. The Hall–Kier alpha value is -2.18. The molecular weight excluding hydrogens is 378 g/mol. The highest BCUT2D eigenvalue weighted by Gasteiger charge is 2.12. The molecule has 0 atom stereocenters. The van der Waals surface area contributed by atoms with E-state index in [9.17, 15) is 0 Å². The van der Waals surface area contributed by atoms with Gasteiger partial charge in [-0.25, -0.2) is 0 Å². The smallest absolute Gasteiger partial charge is 0.0591 e. The molecule has 3 N–H and O–H groups in total. The van der Waals surface area contributed by atoms with Crippen molar-refractivity contribution in [1.29, 1.82) is 0 Å². The molecule has 0 saturated heterocycles. The van der Waals surface area contributed by atoms with Gasteiger partial charge in [-0.05, 0) is 60.2 Å². The maximum absolute atomic E-state index is 5.44. The first kappa shape index (κ1) is 20.1. The predicted octanol–water partition coefficient (Wildman–Crippen LogP) is 4.92. The number of aryl methyl sites for hydroxylation is 2. The Kier molecular flexibility index (Phi) is 6.31. The molecule has 4 nitrogen and oxygen atoms in total. The summed E-state index contributed by atoms with van der Waals surface area (Å²) in [5.41, 5.74) is 12.0. The van der Waals surface area contributed by atoms with E-state index in [0.29, 0.717) is 19.8 Å². The maximum Gasteiger partial charge on any atom is 0.0591 e. The van der Waals surface area contributed by atoms with Crippen LogP contribution in [-0.2, 0) is 17.8 Å². The van der Waals surface area contributed by atoms with Gasteiger partial charge in [0.25, 0.3) is 0 Å². The van der Waals surface area contributed by atoms with Gasteiger partial charge in [0.2, 0.25) is 0 Å². The number of nitrogens with zero attached hydrogens (tertiary/aromatic N) is 1. The number of ether oxygens (including phenoxy) is 1. The molecule has 2 aromatic heterocycles. The van der Waals surface area contributed by atoms with E-state index in [4.69, 9.17) is 10.5 Å². The summed E-state index contributed by atoms with van der Waals surface area (Å²) in [4.78, 5) is 1.33. The Labute approximate surface area is 176 Å². The Morgan fingerprint density at radius 2 is 1.93 bits per heavy atom. The van der Waals surface area contributed by atoms with Crippen LogP contribution >= 0.6 is 11.3 Å². The second-order valence-electron chi connectivity index (χ2n) is 7.39. The molecule has 152 valence electrons. The second kappa shape index (κ2) is 9.09. The summed E-state index contributed by atoms with van der Waals surface area (Å²) in [6, 6.07) is 16.0. The van der Waals surface area contributed by atoms with Crippen LogP contribution in [0.25, 0.3) is 32.2 Å². The fourth-order valence-electron chi connectivity index (χ4n) is 3.90. The molecule has 0 aliphatic carbocycles. The summed E-state index contributed by atoms with van der Waals surface area (Å²) in [7, 11) is 0. The van der Waals surface area contributed by atoms with Crippen LogP contribution in [-0.4, -0.2) is 30.9 Å². The van der Waals surface area contributed by atoms with Gasteiger partial charge in [-0.3, -0.25) is 0 Å². The van der Waals surface area contributed by atoms with Gasteiger partial charge in [-0.15, -0.1) is 11.3 Å². The largest absolute Gasteiger partial charge is 0.379 e. The van der Waals surface area contributed by atoms with Crippen molar-refractivity contribution in [1.82, 2.24) is 9.88 Å². The highest BCUT2D eigenvalue weighted by atomic mass is 32.1. The van der Waals surface area contributed by atoms with Gasteiger partial charge >= 0.3 is 0 Å². The summed E-state index contributed by atoms with van der Waals surface area (Å²) in [5.74, 6) is 0. The van der Waals surface area contributed by atoms with Gasteiger partial charge in [0.1, 0.15) is 0 Å². The van der Waals surface area contributed by atoms with Gasteiger partial charge in [-0.1, -0.05) is 18.2 Å². The average molecular weight is 408 g/mol. The zero-order valence-corrected chi connectivity index (χ0v) is 18.0. The van der Waals surface area contributed by atoms with Crippen LogP contribution in [0.5, 0.6) is 0 Å². The van der Waals surface area contributed by atoms with E-state index in [1.54, 1.807) is 0 Å². The molecule has 0 amide bonds. The lowest BCUT2D eigenvalue weighted by Crippen LogP contribution is -2.20. The van der Waals surface area contributed by atoms with Crippen molar-refractivity contribution in [2.45, 2.75) is 26.9 Å². The van der Waals surface area contributed by atoms with Gasteiger partial charge in [0.15, 0.2) is 0 Å². The van der Waals surface area contributed by atoms with E-state index in [0.717, 1.165) is 19.6 Å². The third-order valence-corrected chi connectivity index (χ3v) is 6.37. The van der Waals surface area contributed by atoms with E-state index in [1.165, 1.54) is 43.4 Å². The third kappa shape index (κ3) is 4.23. The Bertz CT molecular complexity index is 1110. The topological polar surface area (TPSA) is 52.2 Å². The summed E-state index contributed by atoms with van der Waals surface area (Å²) in [5, 5.41) is 8.33. The van der Waals surface area contributed by atoms with E-state index in [1.807, 2.05) is 11.3 Å². The van der Waals surface area contributed by atoms with E-state index in [2.05, 4.69) is 71.6 Å². The molecule has 0 saturated carbocycles. The minimum Gasteiger partial charge on any atom is -0.379 e. The van der Waals surface area contributed by atoms with E-state index < -0.39 is 0 Å². The number of benzene rings is 2.